The van der Waals surface area contributed by atoms with Gasteiger partial charge in [0.1, 0.15) is 0 Å². The summed E-state index contributed by atoms with van der Waals surface area (Å²) in [5, 5.41) is 8.41. The van der Waals surface area contributed by atoms with Gasteiger partial charge in [0.2, 0.25) is 5.95 Å². The molecule has 1 aliphatic rings. The highest BCUT2D eigenvalue weighted by Gasteiger charge is 2.24. The minimum Gasteiger partial charge on any atom is -0.349 e. The fourth-order valence-corrected chi connectivity index (χ4v) is 2.86. The predicted octanol–water partition coefficient (Wildman–Crippen LogP) is 2.79. The number of hydrogen-bond donors (Lipinski definition) is 2. The number of aromatic amines is 1. The van der Waals surface area contributed by atoms with Gasteiger partial charge in [0.25, 0.3) is 5.91 Å². The first kappa shape index (κ1) is 13.3. The number of benzene rings is 2. The molecule has 0 spiro atoms. The van der Waals surface area contributed by atoms with E-state index >= 15 is 0 Å². The molecule has 24 heavy (non-hydrogen) atoms. The molecule has 118 valence electrons. The maximum atomic E-state index is 12.3. The number of rotatable bonds is 3. The average molecular weight is 317 g/mol. The first-order chi connectivity index (χ1) is 11.8. The summed E-state index contributed by atoms with van der Waals surface area (Å²) in [7, 11) is 0. The van der Waals surface area contributed by atoms with E-state index in [4.69, 9.17) is 0 Å². The Balaban J connectivity index is 1.61. The Labute approximate surface area is 137 Å². The molecule has 0 aliphatic heterocycles. The summed E-state index contributed by atoms with van der Waals surface area (Å²) in [6.45, 7) is 0. The van der Waals surface area contributed by atoms with Crippen LogP contribution in [0.15, 0.2) is 48.7 Å². The second-order valence-electron chi connectivity index (χ2n) is 6.16. The summed E-state index contributed by atoms with van der Waals surface area (Å²) < 4.78 is 1.74. The van der Waals surface area contributed by atoms with Gasteiger partial charge in [-0.3, -0.25) is 4.79 Å². The molecule has 1 amide bonds. The topological polar surface area (TPSA) is 75.6 Å². The van der Waals surface area contributed by atoms with Crippen molar-refractivity contribution in [2.45, 2.75) is 18.9 Å². The van der Waals surface area contributed by atoms with Crippen LogP contribution in [0.25, 0.3) is 27.9 Å². The Morgan fingerprint density at radius 1 is 1.21 bits per heavy atom. The van der Waals surface area contributed by atoms with Crippen LogP contribution in [-0.2, 0) is 0 Å². The van der Waals surface area contributed by atoms with Crippen LogP contribution in [-0.4, -0.2) is 31.7 Å². The molecule has 6 heteroatoms. The first-order valence-corrected chi connectivity index (χ1v) is 8.02. The lowest BCUT2D eigenvalue weighted by Crippen LogP contribution is -2.25. The van der Waals surface area contributed by atoms with E-state index in [2.05, 4.69) is 20.4 Å². The van der Waals surface area contributed by atoms with E-state index < -0.39 is 0 Å². The standard InChI is InChI=1S/C18H15N5O/c24-17(20-13-7-8-13)11-5-6-12-10-19-23(16(12)9-11)18-21-14-3-1-2-4-15(14)22-18/h1-6,9-10,13H,7-8H2,(H,20,24)(H,21,22). The third-order valence-electron chi connectivity index (χ3n) is 4.32. The SMILES string of the molecule is O=C(NC1CC1)c1ccc2cnn(-c3nc4ccccc4[nH]3)c2c1. The molecule has 1 aliphatic carbocycles. The molecule has 2 aromatic heterocycles. The van der Waals surface area contributed by atoms with Crippen molar-refractivity contribution in [3.63, 3.8) is 0 Å². The van der Waals surface area contributed by atoms with Gasteiger partial charge in [0, 0.05) is 17.0 Å². The fraction of sp³-hybridized carbons (Fsp3) is 0.167. The first-order valence-electron chi connectivity index (χ1n) is 8.02. The number of carbonyl (C=O) groups excluding carboxylic acids is 1. The molecule has 0 saturated heterocycles. The van der Waals surface area contributed by atoms with Gasteiger partial charge in [-0.25, -0.2) is 4.98 Å². The Morgan fingerprint density at radius 2 is 2.08 bits per heavy atom. The zero-order chi connectivity index (χ0) is 16.1. The summed E-state index contributed by atoms with van der Waals surface area (Å²) in [6, 6.07) is 13.8. The number of para-hydroxylation sites is 2. The van der Waals surface area contributed by atoms with Crippen molar-refractivity contribution in [2.75, 3.05) is 0 Å². The molecule has 0 unspecified atom stereocenters. The van der Waals surface area contributed by atoms with E-state index in [1.807, 2.05) is 42.5 Å². The average Bonchev–Trinajstić information content (AvgIpc) is 3.16. The van der Waals surface area contributed by atoms with Crippen molar-refractivity contribution in [3.05, 3.63) is 54.2 Å². The minimum absolute atomic E-state index is 0.0308. The molecule has 0 atom stereocenters. The molecule has 6 nitrogen and oxygen atoms in total. The summed E-state index contributed by atoms with van der Waals surface area (Å²) in [4.78, 5) is 20.1. The lowest BCUT2D eigenvalue weighted by molar-refractivity contribution is 0.0951. The maximum Gasteiger partial charge on any atom is 0.251 e. The normalized spacial score (nSPS) is 14.3. The monoisotopic (exact) mass is 317 g/mol. The zero-order valence-corrected chi connectivity index (χ0v) is 12.9. The summed E-state index contributed by atoms with van der Waals surface area (Å²) in [5.74, 6) is 0.614. The lowest BCUT2D eigenvalue weighted by Gasteiger charge is -2.04. The number of nitrogens with zero attached hydrogens (tertiary/aromatic N) is 3. The van der Waals surface area contributed by atoms with Gasteiger partial charge in [-0.2, -0.15) is 9.78 Å². The number of imidazole rings is 1. The molecule has 0 bridgehead atoms. The number of nitrogens with one attached hydrogen (secondary N) is 2. The predicted molar refractivity (Wildman–Crippen MR) is 91.2 cm³/mol. The smallest absolute Gasteiger partial charge is 0.251 e. The van der Waals surface area contributed by atoms with Crippen LogP contribution >= 0.6 is 0 Å². The van der Waals surface area contributed by atoms with Crippen molar-refractivity contribution in [3.8, 4) is 5.95 Å². The van der Waals surface area contributed by atoms with Gasteiger partial charge in [-0.05, 0) is 37.1 Å². The highest BCUT2D eigenvalue weighted by atomic mass is 16.1. The second kappa shape index (κ2) is 4.92. The summed E-state index contributed by atoms with van der Waals surface area (Å²) >= 11 is 0. The van der Waals surface area contributed by atoms with Gasteiger partial charge in [-0.1, -0.05) is 18.2 Å². The quantitative estimate of drug-likeness (QED) is 0.610. The number of carbonyl (C=O) groups is 1. The molecule has 2 N–H and O–H groups in total. The zero-order valence-electron chi connectivity index (χ0n) is 12.9. The Hall–Kier alpha value is -3.15. The highest BCUT2D eigenvalue weighted by Crippen LogP contribution is 2.22. The Morgan fingerprint density at radius 3 is 2.92 bits per heavy atom. The summed E-state index contributed by atoms with van der Waals surface area (Å²) in [6.07, 6.45) is 3.93. The highest BCUT2D eigenvalue weighted by molar-refractivity contribution is 5.98. The third kappa shape index (κ3) is 2.15. The molecule has 1 fully saturated rings. The number of H-pyrrole nitrogens is 1. The Bertz CT molecular complexity index is 1040. The molecular weight excluding hydrogens is 302 g/mol. The van der Waals surface area contributed by atoms with Gasteiger partial charge in [-0.15, -0.1) is 0 Å². The number of aromatic nitrogens is 4. The van der Waals surface area contributed by atoms with E-state index in [0.29, 0.717) is 17.6 Å². The van der Waals surface area contributed by atoms with Gasteiger partial charge in [0.15, 0.2) is 0 Å². The van der Waals surface area contributed by atoms with Crippen LogP contribution < -0.4 is 5.32 Å². The second-order valence-corrected chi connectivity index (χ2v) is 6.16. The van der Waals surface area contributed by atoms with Crippen molar-refractivity contribution in [1.29, 1.82) is 0 Å². The molecule has 5 rings (SSSR count). The largest absolute Gasteiger partial charge is 0.349 e. The molecule has 0 radical (unpaired) electrons. The van der Waals surface area contributed by atoms with E-state index in [-0.39, 0.29) is 5.91 Å². The van der Waals surface area contributed by atoms with Crippen molar-refractivity contribution >= 4 is 27.8 Å². The van der Waals surface area contributed by atoms with Crippen LogP contribution in [0, 0.1) is 0 Å². The van der Waals surface area contributed by atoms with E-state index in [9.17, 15) is 4.79 Å². The number of amides is 1. The maximum absolute atomic E-state index is 12.3. The van der Waals surface area contributed by atoms with Gasteiger partial charge >= 0.3 is 0 Å². The van der Waals surface area contributed by atoms with Crippen LogP contribution in [0.3, 0.4) is 0 Å². The van der Waals surface area contributed by atoms with Crippen LogP contribution in [0.5, 0.6) is 0 Å². The summed E-state index contributed by atoms with van der Waals surface area (Å²) in [5.41, 5.74) is 3.35. The molecule has 2 aromatic carbocycles. The Kier molecular flexibility index (Phi) is 2.73. The molecular formula is C18H15N5O. The number of fused-ring (bicyclic) bond motifs is 2. The van der Waals surface area contributed by atoms with Crippen molar-refractivity contribution < 1.29 is 4.79 Å². The van der Waals surface area contributed by atoms with Gasteiger partial charge in [0.05, 0.1) is 22.7 Å². The van der Waals surface area contributed by atoms with Crippen molar-refractivity contribution in [2.24, 2.45) is 0 Å². The third-order valence-corrected chi connectivity index (χ3v) is 4.32. The minimum atomic E-state index is -0.0308. The van der Waals surface area contributed by atoms with Crippen molar-refractivity contribution in [1.82, 2.24) is 25.1 Å². The van der Waals surface area contributed by atoms with Crippen LogP contribution in [0.1, 0.15) is 23.2 Å². The van der Waals surface area contributed by atoms with Crippen LogP contribution in [0.4, 0.5) is 0 Å². The van der Waals surface area contributed by atoms with E-state index in [1.54, 1.807) is 10.9 Å². The van der Waals surface area contributed by atoms with Crippen LogP contribution in [0.2, 0.25) is 0 Å². The molecule has 4 aromatic rings. The lowest BCUT2D eigenvalue weighted by atomic mass is 10.1. The fourth-order valence-electron chi connectivity index (χ4n) is 2.86. The molecule has 2 heterocycles. The number of hydrogen-bond acceptors (Lipinski definition) is 3. The molecule has 1 saturated carbocycles. The van der Waals surface area contributed by atoms with E-state index in [1.165, 1.54) is 0 Å². The van der Waals surface area contributed by atoms with E-state index in [0.717, 1.165) is 34.8 Å². The van der Waals surface area contributed by atoms with Gasteiger partial charge < -0.3 is 10.3 Å².